The van der Waals surface area contributed by atoms with Crippen LogP contribution in [-0.2, 0) is 6.54 Å². The highest BCUT2D eigenvalue weighted by molar-refractivity contribution is 8.14. The highest BCUT2D eigenvalue weighted by atomic mass is 32.2. The van der Waals surface area contributed by atoms with Gasteiger partial charge < -0.3 is 5.32 Å². The van der Waals surface area contributed by atoms with Crippen LogP contribution in [0.5, 0.6) is 0 Å². The quantitative estimate of drug-likeness (QED) is 0.875. The predicted octanol–water partition coefficient (Wildman–Crippen LogP) is 4.71. The number of benzene rings is 1. The Morgan fingerprint density at radius 1 is 1.14 bits per heavy atom. The van der Waals surface area contributed by atoms with Crippen molar-refractivity contribution in [3.63, 3.8) is 0 Å². The SMILES string of the molecule is CC(C)c1ccc(CN=C2NC3(CCCCC3)CS2)cc1. The van der Waals surface area contributed by atoms with Crippen molar-refractivity contribution in [1.82, 2.24) is 5.32 Å². The molecule has 21 heavy (non-hydrogen) atoms. The van der Waals surface area contributed by atoms with Crippen LogP contribution in [0, 0.1) is 0 Å². The third kappa shape index (κ3) is 3.63. The van der Waals surface area contributed by atoms with Gasteiger partial charge in [0.2, 0.25) is 0 Å². The largest absolute Gasteiger partial charge is 0.359 e. The first kappa shape index (κ1) is 15.0. The molecule has 1 spiro atoms. The van der Waals surface area contributed by atoms with Gasteiger partial charge in [-0.3, -0.25) is 4.99 Å². The van der Waals surface area contributed by atoms with E-state index in [1.165, 1.54) is 49.0 Å². The summed E-state index contributed by atoms with van der Waals surface area (Å²) in [4.78, 5) is 4.79. The lowest BCUT2D eigenvalue weighted by Crippen LogP contribution is -2.45. The van der Waals surface area contributed by atoms with Gasteiger partial charge in [-0.15, -0.1) is 0 Å². The van der Waals surface area contributed by atoms with Gasteiger partial charge in [0.15, 0.2) is 5.17 Å². The van der Waals surface area contributed by atoms with Crippen molar-refractivity contribution in [2.24, 2.45) is 4.99 Å². The lowest BCUT2D eigenvalue weighted by molar-refractivity contribution is 0.303. The van der Waals surface area contributed by atoms with Gasteiger partial charge in [0, 0.05) is 11.3 Å². The van der Waals surface area contributed by atoms with Crippen molar-refractivity contribution >= 4 is 16.9 Å². The molecule has 1 heterocycles. The molecule has 2 nitrogen and oxygen atoms in total. The third-order valence-electron chi connectivity index (χ3n) is 4.72. The Labute approximate surface area is 132 Å². The molecule has 1 N–H and O–H groups in total. The highest BCUT2D eigenvalue weighted by Crippen LogP contribution is 2.36. The number of nitrogens with zero attached hydrogens (tertiary/aromatic N) is 1. The van der Waals surface area contributed by atoms with Crippen LogP contribution in [0.1, 0.15) is 63.0 Å². The number of nitrogens with one attached hydrogen (secondary N) is 1. The van der Waals surface area contributed by atoms with Crippen molar-refractivity contribution < 1.29 is 0 Å². The Balaban J connectivity index is 1.59. The van der Waals surface area contributed by atoms with Crippen molar-refractivity contribution in [2.75, 3.05) is 5.75 Å². The van der Waals surface area contributed by atoms with E-state index in [1.807, 2.05) is 11.8 Å². The van der Waals surface area contributed by atoms with Gasteiger partial charge in [-0.05, 0) is 29.9 Å². The second-order valence-electron chi connectivity index (χ2n) is 6.77. The molecule has 0 aromatic heterocycles. The Bertz CT molecular complexity index is 498. The Morgan fingerprint density at radius 2 is 1.86 bits per heavy atom. The molecule has 0 atom stereocenters. The molecule has 1 aromatic carbocycles. The van der Waals surface area contributed by atoms with E-state index in [4.69, 9.17) is 4.99 Å². The zero-order chi connectivity index (χ0) is 14.7. The number of thioether (sulfide) groups is 1. The monoisotopic (exact) mass is 302 g/mol. The van der Waals surface area contributed by atoms with E-state index in [2.05, 4.69) is 43.4 Å². The van der Waals surface area contributed by atoms with Crippen LogP contribution in [0.25, 0.3) is 0 Å². The third-order valence-corrected chi connectivity index (χ3v) is 5.92. The van der Waals surface area contributed by atoms with Gasteiger partial charge in [-0.2, -0.15) is 0 Å². The van der Waals surface area contributed by atoms with Gasteiger partial charge in [0.05, 0.1) is 6.54 Å². The minimum absolute atomic E-state index is 0.364. The molecule has 1 aliphatic heterocycles. The molecular formula is C18H26N2S. The van der Waals surface area contributed by atoms with Crippen LogP contribution >= 0.6 is 11.8 Å². The maximum atomic E-state index is 4.79. The summed E-state index contributed by atoms with van der Waals surface area (Å²) in [5.41, 5.74) is 3.07. The first-order valence-corrected chi connectivity index (χ1v) is 9.20. The topological polar surface area (TPSA) is 24.4 Å². The second-order valence-corrected chi connectivity index (χ2v) is 7.74. The van der Waals surface area contributed by atoms with Crippen LogP contribution < -0.4 is 5.32 Å². The normalized spacial score (nSPS) is 22.9. The Hall–Kier alpha value is -0.960. The lowest BCUT2D eigenvalue weighted by atomic mass is 9.83. The molecule has 0 unspecified atom stereocenters. The van der Waals surface area contributed by atoms with Crippen molar-refractivity contribution in [3.05, 3.63) is 35.4 Å². The molecule has 1 saturated heterocycles. The smallest absolute Gasteiger partial charge is 0.157 e. The highest BCUT2D eigenvalue weighted by Gasteiger charge is 2.37. The summed E-state index contributed by atoms with van der Waals surface area (Å²) in [6.45, 7) is 5.26. The van der Waals surface area contributed by atoms with Crippen LogP contribution in [0.4, 0.5) is 0 Å². The average molecular weight is 302 g/mol. The molecule has 114 valence electrons. The summed E-state index contributed by atoms with van der Waals surface area (Å²) in [7, 11) is 0. The predicted molar refractivity (Wildman–Crippen MR) is 93.1 cm³/mol. The standard InChI is InChI=1S/C18H26N2S/c1-14(2)16-8-6-15(7-9-16)12-19-17-20-18(13-21-17)10-4-3-5-11-18/h6-9,14H,3-5,10-13H2,1-2H3,(H,19,20). The van der Waals surface area contributed by atoms with Gasteiger partial charge in [-0.1, -0.05) is 69.1 Å². The zero-order valence-electron chi connectivity index (χ0n) is 13.2. The van der Waals surface area contributed by atoms with Gasteiger partial charge >= 0.3 is 0 Å². The molecule has 2 fully saturated rings. The molecule has 1 saturated carbocycles. The molecule has 1 aliphatic carbocycles. The fourth-order valence-electron chi connectivity index (χ4n) is 3.26. The summed E-state index contributed by atoms with van der Waals surface area (Å²) in [5, 5.41) is 4.88. The van der Waals surface area contributed by atoms with Crippen LogP contribution in [0.3, 0.4) is 0 Å². The summed E-state index contributed by atoms with van der Waals surface area (Å²) in [6.07, 6.45) is 6.79. The van der Waals surface area contributed by atoms with Gasteiger partial charge in [-0.25, -0.2) is 0 Å². The van der Waals surface area contributed by atoms with Crippen molar-refractivity contribution in [1.29, 1.82) is 0 Å². The van der Waals surface area contributed by atoms with E-state index in [0.29, 0.717) is 11.5 Å². The second kappa shape index (κ2) is 6.43. The molecule has 0 radical (unpaired) electrons. The minimum Gasteiger partial charge on any atom is -0.359 e. The first-order valence-electron chi connectivity index (χ1n) is 8.21. The van der Waals surface area contributed by atoms with Crippen LogP contribution in [0.15, 0.2) is 29.3 Å². The van der Waals surface area contributed by atoms with Gasteiger partial charge in [0.25, 0.3) is 0 Å². The van der Waals surface area contributed by atoms with E-state index >= 15 is 0 Å². The molecule has 3 rings (SSSR count). The molecule has 0 bridgehead atoms. The summed E-state index contributed by atoms with van der Waals surface area (Å²) in [5.74, 6) is 1.81. The van der Waals surface area contributed by atoms with Crippen LogP contribution in [-0.4, -0.2) is 16.5 Å². The molecular weight excluding hydrogens is 276 g/mol. The fourth-order valence-corrected chi connectivity index (χ4v) is 4.48. The summed E-state index contributed by atoms with van der Waals surface area (Å²) >= 11 is 1.91. The number of aliphatic imine (C=N–C) groups is 1. The Morgan fingerprint density at radius 3 is 2.52 bits per heavy atom. The minimum atomic E-state index is 0.364. The van der Waals surface area contributed by atoms with Crippen LogP contribution in [0.2, 0.25) is 0 Å². The zero-order valence-corrected chi connectivity index (χ0v) is 14.0. The molecule has 1 aromatic rings. The molecule has 3 heteroatoms. The van der Waals surface area contributed by atoms with Gasteiger partial charge in [0.1, 0.15) is 0 Å². The average Bonchev–Trinajstić information content (AvgIpc) is 2.89. The lowest BCUT2D eigenvalue weighted by Gasteiger charge is -2.32. The fraction of sp³-hybridized carbons (Fsp3) is 0.611. The maximum Gasteiger partial charge on any atom is 0.157 e. The summed E-state index contributed by atoms with van der Waals surface area (Å²) < 4.78 is 0. The van der Waals surface area contributed by atoms with E-state index in [0.717, 1.165) is 11.7 Å². The molecule has 0 amide bonds. The van der Waals surface area contributed by atoms with E-state index in [9.17, 15) is 0 Å². The maximum absolute atomic E-state index is 4.79. The number of hydrogen-bond donors (Lipinski definition) is 1. The molecule has 2 aliphatic rings. The van der Waals surface area contributed by atoms with E-state index in [1.54, 1.807) is 0 Å². The van der Waals surface area contributed by atoms with E-state index in [-0.39, 0.29) is 0 Å². The first-order chi connectivity index (χ1) is 10.2. The number of amidine groups is 1. The van der Waals surface area contributed by atoms with E-state index < -0.39 is 0 Å². The number of rotatable bonds is 3. The van der Waals surface area contributed by atoms with Crippen molar-refractivity contribution in [2.45, 2.75) is 64.0 Å². The van der Waals surface area contributed by atoms with Crippen molar-refractivity contribution in [3.8, 4) is 0 Å². The Kier molecular flexibility index (Phi) is 4.58. The summed E-state index contributed by atoms with van der Waals surface area (Å²) in [6, 6.07) is 8.90. The number of hydrogen-bond acceptors (Lipinski definition) is 2.